The van der Waals surface area contributed by atoms with Crippen LogP contribution in [0.25, 0.3) is 27.8 Å². The molecular formula is C19H18N4O. The highest BCUT2D eigenvalue weighted by atomic mass is 16.5. The van der Waals surface area contributed by atoms with Gasteiger partial charge in [0.15, 0.2) is 0 Å². The first-order valence-corrected chi connectivity index (χ1v) is 7.90. The molecule has 0 aliphatic heterocycles. The van der Waals surface area contributed by atoms with E-state index >= 15 is 0 Å². The second-order valence-electron chi connectivity index (χ2n) is 6.01. The fraction of sp³-hybridized carbons (Fsp3) is 0.211. The first kappa shape index (κ1) is 14.6. The maximum atomic E-state index is 5.32. The van der Waals surface area contributed by atoms with Crippen LogP contribution in [0.3, 0.4) is 0 Å². The molecule has 0 aliphatic carbocycles. The van der Waals surface area contributed by atoms with Crippen molar-refractivity contribution in [2.75, 3.05) is 0 Å². The molecule has 0 aliphatic rings. The van der Waals surface area contributed by atoms with Crippen LogP contribution in [0, 0.1) is 27.7 Å². The maximum absolute atomic E-state index is 5.32. The summed E-state index contributed by atoms with van der Waals surface area (Å²) in [7, 11) is 0. The Hall–Kier alpha value is -2.95. The van der Waals surface area contributed by atoms with Gasteiger partial charge in [0.25, 0.3) is 0 Å². The lowest BCUT2D eigenvalue weighted by Crippen LogP contribution is -2.00. The lowest BCUT2D eigenvalue weighted by atomic mass is 10.0. The molecule has 0 saturated carbocycles. The molecular weight excluding hydrogens is 300 g/mol. The molecule has 0 amide bonds. The van der Waals surface area contributed by atoms with Crippen molar-refractivity contribution >= 4 is 11.0 Å². The number of nitrogens with zero attached hydrogens (tertiary/aromatic N) is 4. The van der Waals surface area contributed by atoms with Gasteiger partial charge in [0.2, 0.25) is 0 Å². The fourth-order valence-corrected chi connectivity index (χ4v) is 3.26. The van der Waals surface area contributed by atoms with Gasteiger partial charge >= 0.3 is 0 Å². The third-order valence-electron chi connectivity index (χ3n) is 4.36. The first-order chi connectivity index (χ1) is 11.6. The Morgan fingerprint density at radius 2 is 1.83 bits per heavy atom. The van der Waals surface area contributed by atoms with Crippen molar-refractivity contribution in [2.45, 2.75) is 27.7 Å². The number of aryl methyl sites for hydroxylation is 4. The van der Waals surface area contributed by atoms with Crippen molar-refractivity contribution in [1.29, 1.82) is 0 Å². The van der Waals surface area contributed by atoms with E-state index in [0.717, 1.165) is 50.8 Å². The minimum Gasteiger partial charge on any atom is -0.361 e. The van der Waals surface area contributed by atoms with Gasteiger partial charge in [0, 0.05) is 11.8 Å². The smallest absolute Gasteiger partial charge is 0.141 e. The number of fused-ring (bicyclic) bond motifs is 1. The minimum atomic E-state index is 0.826. The van der Waals surface area contributed by atoms with E-state index in [1.165, 1.54) is 0 Å². The lowest BCUT2D eigenvalue weighted by Gasteiger charge is -2.10. The van der Waals surface area contributed by atoms with Crippen molar-refractivity contribution in [1.82, 2.24) is 19.7 Å². The summed E-state index contributed by atoms with van der Waals surface area (Å²) < 4.78 is 7.47. The SMILES string of the molecule is Cc1ncccc1-n1c(C)nc2ccc(-c3c(C)noc3C)cc21. The van der Waals surface area contributed by atoms with E-state index in [1.807, 2.05) is 46.0 Å². The van der Waals surface area contributed by atoms with Gasteiger partial charge in [-0.15, -0.1) is 0 Å². The molecule has 3 heterocycles. The fourth-order valence-electron chi connectivity index (χ4n) is 3.26. The quantitative estimate of drug-likeness (QED) is 0.552. The zero-order valence-electron chi connectivity index (χ0n) is 14.2. The zero-order valence-corrected chi connectivity index (χ0v) is 14.2. The van der Waals surface area contributed by atoms with E-state index in [0.29, 0.717) is 0 Å². The molecule has 4 rings (SSSR count). The highest BCUT2D eigenvalue weighted by molar-refractivity contribution is 5.85. The summed E-state index contributed by atoms with van der Waals surface area (Å²) in [6.45, 7) is 7.93. The van der Waals surface area contributed by atoms with Crippen LogP contribution in [-0.4, -0.2) is 19.7 Å². The van der Waals surface area contributed by atoms with Gasteiger partial charge in [0.05, 0.1) is 28.1 Å². The maximum Gasteiger partial charge on any atom is 0.141 e. The van der Waals surface area contributed by atoms with Crippen molar-refractivity contribution in [3.05, 3.63) is 59.5 Å². The zero-order chi connectivity index (χ0) is 16.8. The summed E-state index contributed by atoms with van der Waals surface area (Å²) in [5.74, 6) is 1.77. The number of hydrogen-bond donors (Lipinski definition) is 0. The minimum absolute atomic E-state index is 0.826. The van der Waals surface area contributed by atoms with Crippen molar-refractivity contribution in [3.63, 3.8) is 0 Å². The predicted octanol–water partition coefficient (Wildman–Crippen LogP) is 4.31. The molecule has 0 bridgehead atoms. The topological polar surface area (TPSA) is 56.7 Å². The predicted molar refractivity (Wildman–Crippen MR) is 93.3 cm³/mol. The number of pyridine rings is 1. The van der Waals surface area contributed by atoms with E-state index < -0.39 is 0 Å². The van der Waals surface area contributed by atoms with Gasteiger partial charge in [-0.05, 0) is 57.5 Å². The van der Waals surface area contributed by atoms with Gasteiger partial charge in [-0.3, -0.25) is 9.55 Å². The Kier molecular flexibility index (Phi) is 3.23. The van der Waals surface area contributed by atoms with Crippen LogP contribution in [0.1, 0.15) is 23.0 Å². The molecule has 0 saturated heterocycles. The highest BCUT2D eigenvalue weighted by Gasteiger charge is 2.16. The number of imidazole rings is 1. The van der Waals surface area contributed by atoms with Crippen LogP contribution in [0.4, 0.5) is 0 Å². The highest BCUT2D eigenvalue weighted by Crippen LogP contribution is 2.31. The second kappa shape index (κ2) is 5.30. The van der Waals surface area contributed by atoms with Crippen LogP contribution in [-0.2, 0) is 0 Å². The van der Waals surface area contributed by atoms with E-state index in [9.17, 15) is 0 Å². The molecule has 5 heteroatoms. The molecule has 0 radical (unpaired) electrons. The Morgan fingerprint density at radius 3 is 2.54 bits per heavy atom. The summed E-state index contributed by atoms with van der Waals surface area (Å²) in [5, 5.41) is 4.07. The summed E-state index contributed by atoms with van der Waals surface area (Å²) >= 11 is 0. The molecule has 24 heavy (non-hydrogen) atoms. The van der Waals surface area contributed by atoms with Gasteiger partial charge < -0.3 is 4.52 Å². The number of aromatic nitrogens is 4. The van der Waals surface area contributed by atoms with Crippen LogP contribution >= 0.6 is 0 Å². The Morgan fingerprint density at radius 1 is 1.00 bits per heavy atom. The third-order valence-corrected chi connectivity index (χ3v) is 4.36. The molecule has 0 unspecified atom stereocenters. The lowest BCUT2D eigenvalue weighted by molar-refractivity contribution is 0.393. The number of benzene rings is 1. The molecule has 3 aromatic heterocycles. The first-order valence-electron chi connectivity index (χ1n) is 7.90. The number of rotatable bonds is 2. The molecule has 0 N–H and O–H groups in total. The van der Waals surface area contributed by atoms with Crippen molar-refractivity contribution in [2.24, 2.45) is 0 Å². The molecule has 0 fully saturated rings. The van der Waals surface area contributed by atoms with Crippen LogP contribution in [0.2, 0.25) is 0 Å². The van der Waals surface area contributed by atoms with Gasteiger partial charge in [-0.2, -0.15) is 0 Å². The largest absolute Gasteiger partial charge is 0.361 e. The Labute approximate surface area is 140 Å². The van der Waals surface area contributed by atoms with Crippen LogP contribution < -0.4 is 0 Å². The van der Waals surface area contributed by atoms with E-state index in [2.05, 4.69) is 32.9 Å². The molecule has 120 valence electrons. The molecule has 4 aromatic rings. The average molecular weight is 318 g/mol. The molecule has 0 atom stereocenters. The van der Waals surface area contributed by atoms with E-state index in [1.54, 1.807) is 0 Å². The summed E-state index contributed by atoms with van der Waals surface area (Å²) in [4.78, 5) is 9.10. The van der Waals surface area contributed by atoms with Gasteiger partial charge in [-0.1, -0.05) is 11.2 Å². The van der Waals surface area contributed by atoms with Crippen molar-refractivity contribution in [3.8, 4) is 16.8 Å². The van der Waals surface area contributed by atoms with Gasteiger partial charge in [-0.25, -0.2) is 4.98 Å². The van der Waals surface area contributed by atoms with Crippen LogP contribution in [0.15, 0.2) is 41.1 Å². The standard InChI is InChI=1S/C19H18N4O/c1-11-17(6-5-9-20-11)23-14(4)21-16-8-7-15(10-18(16)23)19-12(2)22-24-13(19)3/h5-10H,1-4H3. The van der Waals surface area contributed by atoms with E-state index in [4.69, 9.17) is 9.51 Å². The third kappa shape index (κ3) is 2.12. The van der Waals surface area contributed by atoms with E-state index in [-0.39, 0.29) is 0 Å². The normalized spacial score (nSPS) is 11.3. The monoisotopic (exact) mass is 318 g/mol. The summed E-state index contributed by atoms with van der Waals surface area (Å²) in [5.41, 5.74) is 7.07. The Bertz CT molecular complexity index is 1040. The van der Waals surface area contributed by atoms with Crippen molar-refractivity contribution < 1.29 is 4.52 Å². The molecule has 0 spiro atoms. The molecule has 1 aromatic carbocycles. The second-order valence-corrected chi connectivity index (χ2v) is 6.01. The number of hydrogen-bond acceptors (Lipinski definition) is 4. The molecule has 5 nitrogen and oxygen atoms in total. The van der Waals surface area contributed by atoms with Crippen LogP contribution in [0.5, 0.6) is 0 Å². The summed E-state index contributed by atoms with van der Waals surface area (Å²) in [6.07, 6.45) is 1.81. The summed E-state index contributed by atoms with van der Waals surface area (Å²) in [6, 6.07) is 10.3. The average Bonchev–Trinajstić information content (AvgIpc) is 3.06. The Balaban J connectivity index is 2.01. The van der Waals surface area contributed by atoms with Gasteiger partial charge in [0.1, 0.15) is 11.6 Å².